The van der Waals surface area contributed by atoms with E-state index in [2.05, 4.69) is 4.98 Å². The van der Waals surface area contributed by atoms with E-state index in [9.17, 15) is 19.3 Å². The Morgan fingerprint density at radius 3 is 2.67 bits per heavy atom. The second kappa shape index (κ2) is 5.71. The zero-order valence-corrected chi connectivity index (χ0v) is 10.9. The minimum atomic E-state index is -1.62. The number of nitro groups is 1. The molecule has 9 heteroatoms. The summed E-state index contributed by atoms with van der Waals surface area (Å²) in [7, 11) is 0. The number of aromatic nitrogens is 1. The molecule has 1 aromatic heterocycles. The summed E-state index contributed by atoms with van der Waals surface area (Å²) in [6.07, 6.45) is 2.54. The Hall–Kier alpha value is -2.74. The summed E-state index contributed by atoms with van der Waals surface area (Å²) in [5.41, 5.74) is -1.51. The van der Waals surface area contributed by atoms with Crippen LogP contribution in [0.4, 0.5) is 10.1 Å². The van der Waals surface area contributed by atoms with E-state index in [1.807, 2.05) is 0 Å². The number of benzene rings is 1. The number of hydrogen-bond acceptors (Lipinski definition) is 5. The van der Waals surface area contributed by atoms with Gasteiger partial charge in [-0.1, -0.05) is 11.6 Å². The zero-order valence-electron chi connectivity index (χ0n) is 10.1. The van der Waals surface area contributed by atoms with Crippen molar-refractivity contribution in [1.29, 1.82) is 0 Å². The average Bonchev–Trinajstić information content (AvgIpc) is 2.37. The van der Waals surface area contributed by atoms with E-state index in [-0.39, 0.29) is 10.8 Å². The van der Waals surface area contributed by atoms with Gasteiger partial charge in [-0.3, -0.25) is 15.1 Å². The first-order valence-electron chi connectivity index (χ1n) is 5.38. The van der Waals surface area contributed by atoms with Crippen molar-refractivity contribution in [3.8, 4) is 11.5 Å². The summed E-state index contributed by atoms with van der Waals surface area (Å²) in [5.74, 6) is -3.18. The minimum absolute atomic E-state index is 0.0491. The van der Waals surface area contributed by atoms with Crippen LogP contribution in [0.1, 0.15) is 10.4 Å². The normalized spacial score (nSPS) is 10.2. The van der Waals surface area contributed by atoms with Gasteiger partial charge in [0.2, 0.25) is 5.75 Å². The quantitative estimate of drug-likeness (QED) is 0.686. The second-order valence-corrected chi connectivity index (χ2v) is 4.24. The van der Waals surface area contributed by atoms with Crippen molar-refractivity contribution >= 4 is 23.3 Å². The van der Waals surface area contributed by atoms with Crippen LogP contribution >= 0.6 is 11.6 Å². The van der Waals surface area contributed by atoms with Gasteiger partial charge in [0.15, 0.2) is 0 Å². The second-order valence-electron chi connectivity index (χ2n) is 3.80. The van der Waals surface area contributed by atoms with E-state index in [1.165, 1.54) is 18.5 Å². The number of nitro benzene ring substituents is 1. The van der Waals surface area contributed by atoms with E-state index in [1.54, 1.807) is 0 Å². The first-order chi connectivity index (χ1) is 9.88. The molecule has 0 fully saturated rings. The van der Waals surface area contributed by atoms with Crippen molar-refractivity contribution in [2.75, 3.05) is 0 Å². The van der Waals surface area contributed by atoms with Crippen LogP contribution in [-0.2, 0) is 0 Å². The lowest BCUT2D eigenvalue weighted by molar-refractivity contribution is -0.385. The van der Waals surface area contributed by atoms with Gasteiger partial charge in [0.05, 0.1) is 16.1 Å². The van der Waals surface area contributed by atoms with Crippen molar-refractivity contribution in [2.45, 2.75) is 0 Å². The molecule has 0 atom stereocenters. The fourth-order valence-corrected chi connectivity index (χ4v) is 1.67. The van der Waals surface area contributed by atoms with Gasteiger partial charge < -0.3 is 9.84 Å². The van der Waals surface area contributed by atoms with E-state index in [0.29, 0.717) is 12.1 Å². The van der Waals surface area contributed by atoms with Crippen LogP contribution in [0.3, 0.4) is 0 Å². The van der Waals surface area contributed by atoms with Crippen LogP contribution in [0, 0.1) is 15.9 Å². The monoisotopic (exact) mass is 312 g/mol. The molecule has 7 nitrogen and oxygen atoms in total. The first kappa shape index (κ1) is 14.7. The van der Waals surface area contributed by atoms with Gasteiger partial charge in [0.1, 0.15) is 17.1 Å². The highest BCUT2D eigenvalue weighted by molar-refractivity contribution is 6.30. The van der Waals surface area contributed by atoms with Crippen LogP contribution in [0.5, 0.6) is 11.5 Å². The van der Waals surface area contributed by atoms with Gasteiger partial charge in [0, 0.05) is 24.4 Å². The summed E-state index contributed by atoms with van der Waals surface area (Å²) < 4.78 is 18.7. The third kappa shape index (κ3) is 3.23. The highest BCUT2D eigenvalue weighted by atomic mass is 35.5. The summed E-state index contributed by atoms with van der Waals surface area (Å²) >= 11 is 5.68. The smallest absolute Gasteiger partial charge is 0.338 e. The molecule has 0 unspecified atom stereocenters. The molecule has 0 radical (unpaired) electrons. The van der Waals surface area contributed by atoms with Gasteiger partial charge in [-0.2, -0.15) is 0 Å². The Morgan fingerprint density at radius 1 is 1.38 bits per heavy atom. The number of ether oxygens (including phenoxy) is 1. The Labute approximate surface area is 121 Å². The van der Waals surface area contributed by atoms with E-state index < -0.39 is 33.7 Å². The Balaban J connectivity index is 2.50. The predicted molar refractivity (Wildman–Crippen MR) is 69.3 cm³/mol. The van der Waals surface area contributed by atoms with E-state index in [4.69, 9.17) is 21.4 Å². The van der Waals surface area contributed by atoms with Gasteiger partial charge in [-0.05, 0) is 0 Å². The summed E-state index contributed by atoms with van der Waals surface area (Å²) in [5, 5.41) is 19.9. The number of halogens is 2. The molecule has 1 aromatic carbocycles. The maximum Gasteiger partial charge on any atom is 0.338 e. The Kier molecular flexibility index (Phi) is 3.99. The molecule has 0 amide bonds. The van der Waals surface area contributed by atoms with E-state index >= 15 is 0 Å². The molecule has 0 aliphatic carbocycles. The molecule has 0 aliphatic rings. The SMILES string of the molecule is O=C(O)c1cc([N+](=O)[O-])c(Oc2cncc(Cl)c2)cc1F. The molecule has 0 spiro atoms. The number of carboxylic acid groups (broad SMARTS) is 1. The van der Waals surface area contributed by atoms with Gasteiger partial charge in [-0.15, -0.1) is 0 Å². The fraction of sp³-hybridized carbons (Fsp3) is 0. The van der Waals surface area contributed by atoms with Crippen LogP contribution in [-0.4, -0.2) is 21.0 Å². The van der Waals surface area contributed by atoms with Crippen molar-refractivity contribution < 1.29 is 24.0 Å². The van der Waals surface area contributed by atoms with Crippen molar-refractivity contribution in [3.63, 3.8) is 0 Å². The number of aromatic carboxylic acids is 1. The minimum Gasteiger partial charge on any atom is -0.478 e. The molecule has 0 saturated heterocycles. The molecule has 1 heterocycles. The molecule has 1 N–H and O–H groups in total. The number of pyridine rings is 1. The van der Waals surface area contributed by atoms with Crippen LogP contribution in [0.25, 0.3) is 0 Å². The van der Waals surface area contributed by atoms with Gasteiger partial charge in [0.25, 0.3) is 0 Å². The number of carboxylic acids is 1. The molecule has 2 aromatic rings. The molecular formula is C12H6ClFN2O5. The fourth-order valence-electron chi connectivity index (χ4n) is 1.51. The van der Waals surface area contributed by atoms with Crippen LogP contribution in [0.2, 0.25) is 5.02 Å². The molecule has 21 heavy (non-hydrogen) atoms. The summed E-state index contributed by atoms with van der Waals surface area (Å²) in [6, 6.07) is 2.54. The lowest BCUT2D eigenvalue weighted by Gasteiger charge is -2.07. The van der Waals surface area contributed by atoms with Crippen molar-refractivity contribution in [2.24, 2.45) is 0 Å². The molecular weight excluding hydrogens is 307 g/mol. The summed E-state index contributed by atoms with van der Waals surface area (Å²) in [4.78, 5) is 24.5. The summed E-state index contributed by atoms with van der Waals surface area (Å²) in [6.45, 7) is 0. The number of carbonyl (C=O) groups is 1. The molecule has 0 aliphatic heterocycles. The Morgan fingerprint density at radius 2 is 2.10 bits per heavy atom. The standard InChI is InChI=1S/C12H6ClFN2O5/c13-6-1-7(5-15-4-6)21-11-3-9(14)8(12(17)18)2-10(11)16(19)20/h1-5H,(H,17,18). The number of nitrogens with zero attached hydrogens (tertiary/aromatic N) is 2. The third-order valence-electron chi connectivity index (χ3n) is 2.38. The van der Waals surface area contributed by atoms with E-state index in [0.717, 1.165) is 0 Å². The topological polar surface area (TPSA) is 103 Å². The lowest BCUT2D eigenvalue weighted by atomic mass is 10.1. The Bertz CT molecular complexity index is 738. The maximum absolute atomic E-state index is 13.6. The zero-order chi connectivity index (χ0) is 15.6. The number of hydrogen-bond donors (Lipinski definition) is 1. The molecule has 0 saturated carbocycles. The largest absolute Gasteiger partial charge is 0.478 e. The first-order valence-corrected chi connectivity index (χ1v) is 5.76. The number of rotatable bonds is 4. The van der Waals surface area contributed by atoms with Gasteiger partial charge in [-0.25, -0.2) is 9.18 Å². The maximum atomic E-state index is 13.6. The molecule has 108 valence electrons. The molecule has 2 rings (SSSR count). The predicted octanol–water partition coefficient (Wildman–Crippen LogP) is 3.27. The van der Waals surface area contributed by atoms with Crippen LogP contribution in [0.15, 0.2) is 30.6 Å². The highest BCUT2D eigenvalue weighted by Crippen LogP contribution is 2.34. The van der Waals surface area contributed by atoms with Crippen LogP contribution < -0.4 is 4.74 Å². The average molecular weight is 313 g/mol. The van der Waals surface area contributed by atoms with Gasteiger partial charge >= 0.3 is 11.7 Å². The van der Waals surface area contributed by atoms with Crippen molar-refractivity contribution in [1.82, 2.24) is 4.98 Å². The lowest BCUT2D eigenvalue weighted by Crippen LogP contribution is -2.03. The van der Waals surface area contributed by atoms with Crippen molar-refractivity contribution in [3.05, 3.63) is 57.1 Å². The third-order valence-corrected chi connectivity index (χ3v) is 2.59. The highest BCUT2D eigenvalue weighted by Gasteiger charge is 2.23. The molecule has 0 bridgehead atoms.